The Morgan fingerprint density at radius 3 is 2.86 bits per heavy atom. The quantitative estimate of drug-likeness (QED) is 0.900. The number of hydrogen-bond acceptors (Lipinski definition) is 3. The third kappa shape index (κ3) is 2.30. The van der Waals surface area contributed by atoms with Gasteiger partial charge in [-0.1, -0.05) is 13.0 Å². The fourth-order valence-electron chi connectivity index (χ4n) is 3.12. The molecule has 2 amide bonds. The number of nitrogens with two attached hydrogens (primary N) is 1. The SMILES string of the molecule is COc1cccc2[nH]c(C(=O)N3CC(C)CC3C(N)=O)cc12. The van der Waals surface area contributed by atoms with E-state index in [2.05, 4.69) is 4.98 Å². The van der Waals surface area contributed by atoms with Gasteiger partial charge in [-0.15, -0.1) is 0 Å². The number of nitrogens with one attached hydrogen (secondary N) is 1. The number of carbonyl (C=O) groups excluding carboxylic acids is 2. The van der Waals surface area contributed by atoms with E-state index in [0.29, 0.717) is 24.4 Å². The van der Waals surface area contributed by atoms with E-state index >= 15 is 0 Å². The molecule has 2 atom stereocenters. The Bertz CT molecular complexity index is 737. The normalized spacial score (nSPS) is 21.3. The average molecular weight is 301 g/mol. The number of likely N-dealkylation sites (tertiary alicyclic amines) is 1. The van der Waals surface area contributed by atoms with Crippen molar-refractivity contribution in [3.05, 3.63) is 30.0 Å². The van der Waals surface area contributed by atoms with Gasteiger partial charge < -0.3 is 20.4 Å². The number of primary amides is 1. The summed E-state index contributed by atoms with van der Waals surface area (Å²) in [6.07, 6.45) is 0.616. The Kier molecular flexibility index (Phi) is 3.52. The minimum atomic E-state index is -0.532. The number of rotatable bonds is 3. The number of carbonyl (C=O) groups is 2. The van der Waals surface area contributed by atoms with E-state index in [0.717, 1.165) is 10.9 Å². The van der Waals surface area contributed by atoms with Gasteiger partial charge in [0.1, 0.15) is 17.5 Å². The molecule has 1 aliphatic heterocycles. The first-order chi connectivity index (χ1) is 10.5. The number of fused-ring (bicyclic) bond motifs is 1. The minimum absolute atomic E-state index is 0.202. The summed E-state index contributed by atoms with van der Waals surface area (Å²) in [4.78, 5) is 28.9. The van der Waals surface area contributed by atoms with Gasteiger partial charge in [-0.2, -0.15) is 0 Å². The van der Waals surface area contributed by atoms with Crippen molar-refractivity contribution in [2.45, 2.75) is 19.4 Å². The van der Waals surface area contributed by atoms with Crippen molar-refractivity contribution in [1.29, 1.82) is 0 Å². The molecule has 0 radical (unpaired) electrons. The highest BCUT2D eigenvalue weighted by atomic mass is 16.5. The summed E-state index contributed by atoms with van der Waals surface area (Å²) in [5.74, 6) is 0.312. The first kappa shape index (κ1) is 14.4. The standard InChI is InChI=1S/C16H19N3O3/c1-9-6-13(15(17)20)19(8-9)16(21)12-7-10-11(18-12)4-3-5-14(10)22-2/h3-5,7,9,13,18H,6,8H2,1-2H3,(H2,17,20). The molecule has 3 rings (SSSR count). The monoisotopic (exact) mass is 301 g/mol. The van der Waals surface area contributed by atoms with E-state index in [-0.39, 0.29) is 11.8 Å². The Balaban J connectivity index is 1.97. The lowest BCUT2D eigenvalue weighted by Crippen LogP contribution is -2.43. The Labute approximate surface area is 128 Å². The van der Waals surface area contributed by atoms with Gasteiger partial charge in [0.15, 0.2) is 0 Å². The van der Waals surface area contributed by atoms with Crippen LogP contribution in [0, 0.1) is 5.92 Å². The van der Waals surface area contributed by atoms with Crippen molar-refractivity contribution >= 4 is 22.7 Å². The van der Waals surface area contributed by atoms with Crippen molar-refractivity contribution in [2.24, 2.45) is 11.7 Å². The van der Waals surface area contributed by atoms with Crippen LogP contribution in [0.15, 0.2) is 24.3 Å². The van der Waals surface area contributed by atoms with Gasteiger partial charge in [-0.25, -0.2) is 0 Å². The van der Waals surface area contributed by atoms with Crippen LogP contribution in [0.1, 0.15) is 23.8 Å². The van der Waals surface area contributed by atoms with Crippen LogP contribution < -0.4 is 10.5 Å². The zero-order valence-corrected chi connectivity index (χ0v) is 12.6. The maximum Gasteiger partial charge on any atom is 0.270 e. The van der Waals surface area contributed by atoms with Crippen molar-refractivity contribution in [1.82, 2.24) is 9.88 Å². The molecule has 1 aliphatic rings. The van der Waals surface area contributed by atoms with Crippen LogP contribution in [-0.4, -0.2) is 41.4 Å². The fraction of sp³-hybridized carbons (Fsp3) is 0.375. The van der Waals surface area contributed by atoms with Gasteiger partial charge in [-0.3, -0.25) is 9.59 Å². The first-order valence-electron chi connectivity index (χ1n) is 7.27. The molecule has 0 saturated carbocycles. The smallest absolute Gasteiger partial charge is 0.270 e. The summed E-state index contributed by atoms with van der Waals surface area (Å²) in [5.41, 5.74) is 6.69. The van der Waals surface area contributed by atoms with Crippen LogP contribution >= 0.6 is 0 Å². The highest BCUT2D eigenvalue weighted by Crippen LogP contribution is 2.29. The van der Waals surface area contributed by atoms with Gasteiger partial charge in [0.2, 0.25) is 5.91 Å². The Morgan fingerprint density at radius 1 is 1.41 bits per heavy atom. The number of aromatic amines is 1. The van der Waals surface area contributed by atoms with Gasteiger partial charge in [0, 0.05) is 17.4 Å². The van der Waals surface area contributed by atoms with Crippen LogP contribution in [0.25, 0.3) is 10.9 Å². The van der Waals surface area contributed by atoms with Gasteiger partial charge >= 0.3 is 0 Å². The van der Waals surface area contributed by atoms with Crippen molar-refractivity contribution in [3.8, 4) is 5.75 Å². The highest BCUT2D eigenvalue weighted by molar-refractivity contribution is 6.01. The molecule has 1 fully saturated rings. The Morgan fingerprint density at radius 2 is 2.18 bits per heavy atom. The first-order valence-corrected chi connectivity index (χ1v) is 7.27. The number of amides is 2. The number of methoxy groups -OCH3 is 1. The number of hydrogen-bond donors (Lipinski definition) is 2. The summed E-state index contributed by atoms with van der Waals surface area (Å²) in [6, 6.07) is 6.81. The van der Waals surface area contributed by atoms with Crippen molar-refractivity contribution in [3.63, 3.8) is 0 Å². The fourth-order valence-corrected chi connectivity index (χ4v) is 3.12. The molecule has 0 spiro atoms. The van der Waals surface area contributed by atoms with Crippen LogP contribution in [0.3, 0.4) is 0 Å². The van der Waals surface area contributed by atoms with E-state index in [9.17, 15) is 9.59 Å². The lowest BCUT2D eigenvalue weighted by molar-refractivity contribution is -0.121. The minimum Gasteiger partial charge on any atom is -0.496 e. The van der Waals surface area contributed by atoms with E-state index in [1.54, 1.807) is 18.1 Å². The summed E-state index contributed by atoms with van der Waals surface area (Å²) in [6.45, 7) is 2.55. The molecule has 1 aromatic heterocycles. The van der Waals surface area contributed by atoms with Crippen LogP contribution in [0.4, 0.5) is 0 Å². The second-order valence-electron chi connectivity index (χ2n) is 5.82. The molecule has 116 valence electrons. The Hall–Kier alpha value is -2.50. The lowest BCUT2D eigenvalue weighted by Gasteiger charge is -2.21. The molecule has 2 unspecified atom stereocenters. The lowest BCUT2D eigenvalue weighted by atomic mass is 10.1. The second kappa shape index (κ2) is 5.36. The molecular formula is C16H19N3O3. The van der Waals surface area contributed by atoms with Gasteiger partial charge in [0.05, 0.1) is 7.11 Å². The maximum atomic E-state index is 12.7. The molecule has 6 heteroatoms. The topological polar surface area (TPSA) is 88.4 Å². The molecule has 2 aromatic rings. The zero-order valence-electron chi connectivity index (χ0n) is 12.6. The molecule has 0 bridgehead atoms. The van der Waals surface area contributed by atoms with E-state index in [4.69, 9.17) is 10.5 Å². The molecule has 3 N–H and O–H groups in total. The molecule has 0 aliphatic carbocycles. The third-order valence-corrected chi connectivity index (χ3v) is 4.17. The average Bonchev–Trinajstić information content (AvgIpc) is 3.09. The number of ether oxygens (including phenoxy) is 1. The van der Waals surface area contributed by atoms with E-state index < -0.39 is 11.9 Å². The van der Waals surface area contributed by atoms with Crippen molar-refractivity contribution < 1.29 is 14.3 Å². The van der Waals surface area contributed by atoms with Crippen LogP contribution in [-0.2, 0) is 4.79 Å². The number of nitrogens with zero attached hydrogens (tertiary/aromatic N) is 1. The summed E-state index contributed by atoms with van der Waals surface area (Å²) < 4.78 is 5.30. The zero-order chi connectivity index (χ0) is 15.9. The van der Waals surface area contributed by atoms with Crippen LogP contribution in [0.2, 0.25) is 0 Å². The predicted octanol–water partition coefficient (Wildman–Crippen LogP) is 1.51. The number of benzene rings is 1. The van der Waals surface area contributed by atoms with Gasteiger partial charge in [0.25, 0.3) is 5.91 Å². The molecule has 2 heterocycles. The van der Waals surface area contributed by atoms with E-state index in [1.807, 2.05) is 25.1 Å². The summed E-state index contributed by atoms with van der Waals surface area (Å²) >= 11 is 0. The molecule has 1 aromatic carbocycles. The van der Waals surface area contributed by atoms with Crippen molar-refractivity contribution in [2.75, 3.05) is 13.7 Å². The maximum absolute atomic E-state index is 12.7. The molecular weight excluding hydrogens is 282 g/mol. The molecule has 22 heavy (non-hydrogen) atoms. The highest BCUT2D eigenvalue weighted by Gasteiger charge is 2.37. The third-order valence-electron chi connectivity index (χ3n) is 4.17. The predicted molar refractivity (Wildman–Crippen MR) is 82.7 cm³/mol. The molecule has 6 nitrogen and oxygen atoms in total. The number of aromatic nitrogens is 1. The van der Waals surface area contributed by atoms with Gasteiger partial charge in [-0.05, 0) is 30.5 Å². The largest absolute Gasteiger partial charge is 0.496 e. The van der Waals surface area contributed by atoms with Crippen LogP contribution in [0.5, 0.6) is 5.75 Å². The number of H-pyrrole nitrogens is 1. The summed E-state index contributed by atoms with van der Waals surface area (Å²) in [5, 5.41) is 0.844. The second-order valence-corrected chi connectivity index (χ2v) is 5.82. The summed E-state index contributed by atoms with van der Waals surface area (Å²) in [7, 11) is 1.59. The molecule has 1 saturated heterocycles. The van der Waals surface area contributed by atoms with E-state index in [1.165, 1.54) is 0 Å².